The first-order valence-corrected chi connectivity index (χ1v) is 6.57. The van der Waals surface area contributed by atoms with Crippen molar-refractivity contribution in [3.63, 3.8) is 0 Å². The van der Waals surface area contributed by atoms with Crippen molar-refractivity contribution < 1.29 is 4.79 Å². The van der Waals surface area contributed by atoms with Crippen LogP contribution in [0.5, 0.6) is 0 Å². The number of nitrogens with one attached hydrogen (secondary N) is 2. The van der Waals surface area contributed by atoms with E-state index in [4.69, 9.17) is 0 Å². The second-order valence-electron chi connectivity index (χ2n) is 5.02. The molecule has 1 aromatic rings. The summed E-state index contributed by atoms with van der Waals surface area (Å²) in [5, 5.41) is 10.4. The quantitative estimate of drug-likeness (QED) is 0.731. The molecule has 2 N–H and O–H groups in total. The zero-order valence-corrected chi connectivity index (χ0v) is 11.7. The standard InChI is InChI=1S/C13H24N4O/c1-10(2)14-8-5-6-13(18)16-12-7-9-15-17(12)11(3)4/h7,9-11,14H,5-6,8H2,1-4H3,(H,16,18). The van der Waals surface area contributed by atoms with E-state index >= 15 is 0 Å². The molecule has 18 heavy (non-hydrogen) atoms. The summed E-state index contributed by atoms with van der Waals surface area (Å²) in [6, 6.07) is 2.54. The monoisotopic (exact) mass is 252 g/mol. The van der Waals surface area contributed by atoms with Gasteiger partial charge in [-0.1, -0.05) is 13.8 Å². The minimum atomic E-state index is 0.0444. The van der Waals surface area contributed by atoms with Gasteiger partial charge in [0.1, 0.15) is 5.82 Å². The van der Waals surface area contributed by atoms with E-state index in [-0.39, 0.29) is 11.9 Å². The van der Waals surface area contributed by atoms with Crippen LogP contribution in [0, 0.1) is 0 Å². The summed E-state index contributed by atoms with van der Waals surface area (Å²) in [6.07, 6.45) is 3.08. The molecule has 1 rings (SSSR count). The molecule has 0 atom stereocenters. The summed E-state index contributed by atoms with van der Waals surface area (Å²) >= 11 is 0. The van der Waals surface area contributed by atoms with Crippen LogP contribution in [-0.4, -0.2) is 28.3 Å². The molecule has 0 radical (unpaired) electrons. The van der Waals surface area contributed by atoms with Crippen LogP contribution >= 0.6 is 0 Å². The van der Waals surface area contributed by atoms with Gasteiger partial charge in [-0.15, -0.1) is 0 Å². The van der Waals surface area contributed by atoms with Crippen LogP contribution in [0.2, 0.25) is 0 Å². The summed E-state index contributed by atoms with van der Waals surface area (Å²) in [5.74, 6) is 0.815. The lowest BCUT2D eigenvalue weighted by molar-refractivity contribution is -0.116. The van der Waals surface area contributed by atoms with Gasteiger partial charge in [0.2, 0.25) is 5.91 Å². The number of nitrogens with zero attached hydrogens (tertiary/aromatic N) is 2. The fourth-order valence-corrected chi connectivity index (χ4v) is 1.67. The summed E-state index contributed by atoms with van der Waals surface area (Å²) in [5.41, 5.74) is 0. The van der Waals surface area contributed by atoms with Crippen molar-refractivity contribution in [2.75, 3.05) is 11.9 Å². The van der Waals surface area contributed by atoms with Crippen LogP contribution in [0.15, 0.2) is 12.3 Å². The molecule has 0 saturated carbocycles. The molecule has 0 aliphatic rings. The van der Waals surface area contributed by atoms with Gasteiger partial charge in [-0.3, -0.25) is 4.79 Å². The van der Waals surface area contributed by atoms with Crippen molar-refractivity contribution in [3.05, 3.63) is 12.3 Å². The fourth-order valence-electron chi connectivity index (χ4n) is 1.67. The number of hydrogen-bond acceptors (Lipinski definition) is 3. The summed E-state index contributed by atoms with van der Waals surface area (Å²) in [7, 11) is 0. The Balaban J connectivity index is 2.33. The van der Waals surface area contributed by atoms with Crippen LogP contribution in [0.3, 0.4) is 0 Å². The van der Waals surface area contributed by atoms with Crippen molar-refractivity contribution >= 4 is 11.7 Å². The number of carbonyl (C=O) groups is 1. The van der Waals surface area contributed by atoms with Gasteiger partial charge < -0.3 is 10.6 Å². The first-order chi connectivity index (χ1) is 8.50. The van der Waals surface area contributed by atoms with E-state index in [1.54, 1.807) is 6.20 Å². The summed E-state index contributed by atoms with van der Waals surface area (Å²) in [4.78, 5) is 11.7. The van der Waals surface area contributed by atoms with Crippen LogP contribution in [-0.2, 0) is 4.79 Å². The van der Waals surface area contributed by atoms with Crippen molar-refractivity contribution in [1.82, 2.24) is 15.1 Å². The Hall–Kier alpha value is -1.36. The normalized spacial score (nSPS) is 11.2. The maximum atomic E-state index is 11.7. The predicted molar refractivity (Wildman–Crippen MR) is 73.6 cm³/mol. The van der Waals surface area contributed by atoms with Crippen molar-refractivity contribution in [1.29, 1.82) is 0 Å². The van der Waals surface area contributed by atoms with E-state index in [1.165, 1.54) is 0 Å². The Bertz CT molecular complexity index is 371. The molecule has 1 aromatic heterocycles. The molecular formula is C13H24N4O. The zero-order valence-electron chi connectivity index (χ0n) is 11.7. The second-order valence-corrected chi connectivity index (χ2v) is 5.02. The molecule has 0 aromatic carbocycles. The second kappa shape index (κ2) is 7.16. The molecule has 0 aliphatic heterocycles. The highest BCUT2D eigenvalue weighted by atomic mass is 16.1. The Kier molecular flexibility index (Phi) is 5.85. The maximum Gasteiger partial charge on any atom is 0.225 e. The van der Waals surface area contributed by atoms with Gasteiger partial charge in [0.15, 0.2) is 0 Å². The zero-order chi connectivity index (χ0) is 13.5. The van der Waals surface area contributed by atoms with Gasteiger partial charge >= 0.3 is 0 Å². The highest BCUT2D eigenvalue weighted by molar-refractivity contribution is 5.89. The van der Waals surface area contributed by atoms with Gasteiger partial charge in [-0.25, -0.2) is 4.68 Å². The fraction of sp³-hybridized carbons (Fsp3) is 0.692. The van der Waals surface area contributed by atoms with Crippen LogP contribution in [0.25, 0.3) is 0 Å². The van der Waals surface area contributed by atoms with E-state index in [9.17, 15) is 4.79 Å². The van der Waals surface area contributed by atoms with E-state index < -0.39 is 0 Å². The molecule has 0 unspecified atom stereocenters. The summed E-state index contributed by atoms with van der Waals surface area (Å²) in [6.45, 7) is 9.14. The first kappa shape index (κ1) is 14.7. The lowest BCUT2D eigenvalue weighted by Gasteiger charge is -2.12. The Morgan fingerprint density at radius 2 is 2.11 bits per heavy atom. The van der Waals surface area contributed by atoms with Gasteiger partial charge in [0, 0.05) is 24.6 Å². The number of amides is 1. The molecule has 5 nitrogen and oxygen atoms in total. The number of carbonyl (C=O) groups excluding carboxylic acids is 1. The van der Waals surface area contributed by atoms with Gasteiger partial charge in [0.25, 0.3) is 0 Å². The molecule has 5 heteroatoms. The summed E-state index contributed by atoms with van der Waals surface area (Å²) < 4.78 is 1.81. The average molecular weight is 252 g/mol. The lowest BCUT2D eigenvalue weighted by atomic mass is 10.2. The molecule has 0 aliphatic carbocycles. The third-order valence-electron chi connectivity index (χ3n) is 2.56. The number of hydrogen-bond donors (Lipinski definition) is 2. The minimum Gasteiger partial charge on any atom is -0.315 e. The van der Waals surface area contributed by atoms with E-state index in [0.29, 0.717) is 12.5 Å². The molecule has 1 heterocycles. The van der Waals surface area contributed by atoms with Crippen molar-refractivity contribution in [2.45, 2.75) is 52.6 Å². The molecule has 0 spiro atoms. The van der Waals surface area contributed by atoms with Gasteiger partial charge in [0.05, 0.1) is 6.20 Å². The number of aromatic nitrogens is 2. The predicted octanol–water partition coefficient (Wildman–Crippen LogP) is 2.18. The van der Waals surface area contributed by atoms with Gasteiger partial charge in [-0.2, -0.15) is 5.10 Å². The molecule has 1 amide bonds. The maximum absolute atomic E-state index is 11.7. The first-order valence-electron chi connectivity index (χ1n) is 6.57. The SMILES string of the molecule is CC(C)NCCCC(=O)Nc1ccnn1C(C)C. The molecule has 0 bridgehead atoms. The highest BCUT2D eigenvalue weighted by Gasteiger charge is 2.09. The molecule has 0 fully saturated rings. The lowest BCUT2D eigenvalue weighted by Crippen LogP contribution is -2.25. The number of rotatable bonds is 7. The third-order valence-corrected chi connectivity index (χ3v) is 2.56. The van der Waals surface area contributed by atoms with Crippen molar-refractivity contribution in [3.8, 4) is 0 Å². The van der Waals surface area contributed by atoms with Gasteiger partial charge in [-0.05, 0) is 26.8 Å². The largest absolute Gasteiger partial charge is 0.315 e. The van der Waals surface area contributed by atoms with Crippen LogP contribution in [0.1, 0.15) is 46.6 Å². The molecule has 102 valence electrons. The minimum absolute atomic E-state index is 0.0444. The Morgan fingerprint density at radius 3 is 2.72 bits per heavy atom. The Morgan fingerprint density at radius 1 is 1.39 bits per heavy atom. The smallest absolute Gasteiger partial charge is 0.225 e. The topological polar surface area (TPSA) is 59.0 Å². The van der Waals surface area contributed by atoms with Crippen molar-refractivity contribution in [2.24, 2.45) is 0 Å². The van der Waals surface area contributed by atoms with E-state index in [2.05, 4.69) is 29.6 Å². The number of anilines is 1. The Labute approximate surface area is 109 Å². The molecule has 0 saturated heterocycles. The van der Waals surface area contributed by atoms with E-state index in [0.717, 1.165) is 18.8 Å². The highest BCUT2D eigenvalue weighted by Crippen LogP contribution is 2.13. The average Bonchev–Trinajstić information content (AvgIpc) is 2.72. The van der Waals surface area contributed by atoms with E-state index in [1.807, 2.05) is 24.6 Å². The third kappa shape index (κ3) is 4.87. The van der Waals surface area contributed by atoms with Crippen LogP contribution in [0.4, 0.5) is 5.82 Å². The molecular weight excluding hydrogens is 228 g/mol. The van der Waals surface area contributed by atoms with Crippen LogP contribution < -0.4 is 10.6 Å².